The van der Waals surface area contributed by atoms with Crippen LogP contribution in [0.1, 0.15) is 5.56 Å². The van der Waals surface area contributed by atoms with Gasteiger partial charge in [-0.15, -0.1) is 0 Å². The van der Waals surface area contributed by atoms with Gasteiger partial charge in [-0.3, -0.25) is 4.98 Å². The molecule has 1 aromatic heterocycles. The smallest absolute Gasteiger partial charge is 0.339 e. The Kier molecular flexibility index (Phi) is 3.92. The fraction of sp³-hybridized carbons (Fsp3) is 0.118. The van der Waals surface area contributed by atoms with Crippen molar-refractivity contribution < 1.29 is 17.3 Å². The van der Waals surface area contributed by atoms with E-state index < -0.39 is 10.1 Å². The number of hydrogen-bond donors (Lipinski definition) is 0. The van der Waals surface area contributed by atoms with E-state index in [0.717, 1.165) is 5.39 Å². The second-order valence-electron chi connectivity index (χ2n) is 5.00. The van der Waals surface area contributed by atoms with Crippen molar-refractivity contribution in [2.24, 2.45) is 0 Å². The topological polar surface area (TPSA) is 65.5 Å². The molecule has 0 spiro atoms. The van der Waals surface area contributed by atoms with Crippen LogP contribution in [0.5, 0.6) is 11.5 Å². The highest BCUT2D eigenvalue weighted by Gasteiger charge is 2.19. The van der Waals surface area contributed by atoms with Crippen molar-refractivity contribution in [1.29, 1.82) is 0 Å². The molecule has 0 atom stereocenters. The van der Waals surface area contributed by atoms with Gasteiger partial charge in [0.1, 0.15) is 16.2 Å². The largest absolute Gasteiger partial charge is 0.496 e. The van der Waals surface area contributed by atoms with E-state index in [4.69, 9.17) is 8.92 Å². The van der Waals surface area contributed by atoms with Crippen LogP contribution in [0.4, 0.5) is 0 Å². The van der Waals surface area contributed by atoms with Gasteiger partial charge in [0.05, 0.1) is 7.11 Å². The van der Waals surface area contributed by atoms with Crippen molar-refractivity contribution >= 4 is 21.0 Å². The molecular weight excluding hydrogens is 314 g/mol. The van der Waals surface area contributed by atoms with Gasteiger partial charge in [0.2, 0.25) is 0 Å². The summed E-state index contributed by atoms with van der Waals surface area (Å²) in [5.41, 5.74) is 1.22. The number of aromatic nitrogens is 1. The van der Waals surface area contributed by atoms with E-state index in [1.165, 1.54) is 19.2 Å². The molecule has 3 rings (SSSR count). The molecule has 2 aromatic carbocycles. The van der Waals surface area contributed by atoms with Crippen molar-refractivity contribution in [2.45, 2.75) is 11.8 Å². The van der Waals surface area contributed by atoms with E-state index in [1.54, 1.807) is 37.4 Å². The van der Waals surface area contributed by atoms with Gasteiger partial charge in [0, 0.05) is 11.6 Å². The molecule has 0 saturated heterocycles. The second-order valence-corrected chi connectivity index (χ2v) is 6.55. The Hall–Kier alpha value is -2.60. The summed E-state index contributed by atoms with van der Waals surface area (Å²) in [5, 5.41) is 0.811. The number of hydrogen-bond acceptors (Lipinski definition) is 5. The SMILES string of the molecule is COc1ccc(S(=O)(=O)Oc2cccc3cccnc23)cc1C. The molecule has 0 amide bonds. The molecule has 0 N–H and O–H groups in total. The summed E-state index contributed by atoms with van der Waals surface area (Å²) in [6.07, 6.45) is 1.60. The molecule has 0 bridgehead atoms. The zero-order chi connectivity index (χ0) is 16.4. The van der Waals surface area contributed by atoms with Crippen LogP contribution < -0.4 is 8.92 Å². The summed E-state index contributed by atoms with van der Waals surface area (Å²) in [4.78, 5) is 4.27. The van der Waals surface area contributed by atoms with Crippen LogP contribution in [0, 0.1) is 6.92 Å². The van der Waals surface area contributed by atoms with Crippen LogP contribution in [-0.2, 0) is 10.1 Å². The molecule has 1 heterocycles. The zero-order valence-corrected chi connectivity index (χ0v) is 13.5. The number of fused-ring (bicyclic) bond motifs is 1. The van der Waals surface area contributed by atoms with Gasteiger partial charge in [0.15, 0.2) is 5.75 Å². The maximum atomic E-state index is 12.5. The third-order valence-electron chi connectivity index (χ3n) is 3.45. The van der Waals surface area contributed by atoms with Crippen LogP contribution in [0.15, 0.2) is 59.6 Å². The number of ether oxygens (including phenoxy) is 1. The van der Waals surface area contributed by atoms with Crippen molar-refractivity contribution in [3.63, 3.8) is 0 Å². The van der Waals surface area contributed by atoms with E-state index >= 15 is 0 Å². The number of pyridine rings is 1. The molecule has 5 nitrogen and oxygen atoms in total. The average Bonchev–Trinajstić information content (AvgIpc) is 2.55. The Morgan fingerprint density at radius 3 is 2.52 bits per heavy atom. The molecule has 3 aromatic rings. The number of aryl methyl sites for hydroxylation is 1. The number of benzene rings is 2. The number of methoxy groups -OCH3 is 1. The van der Waals surface area contributed by atoms with Gasteiger partial charge in [-0.05, 0) is 42.8 Å². The molecule has 0 fully saturated rings. The minimum Gasteiger partial charge on any atom is -0.496 e. The predicted molar refractivity (Wildman–Crippen MR) is 87.3 cm³/mol. The quantitative estimate of drug-likeness (QED) is 0.687. The second kappa shape index (κ2) is 5.89. The normalized spacial score (nSPS) is 11.4. The number of para-hydroxylation sites is 1. The fourth-order valence-electron chi connectivity index (χ4n) is 2.32. The molecule has 23 heavy (non-hydrogen) atoms. The van der Waals surface area contributed by atoms with Crippen LogP contribution >= 0.6 is 0 Å². The lowest BCUT2D eigenvalue weighted by atomic mass is 10.2. The summed E-state index contributed by atoms with van der Waals surface area (Å²) in [6, 6.07) is 13.4. The van der Waals surface area contributed by atoms with E-state index in [2.05, 4.69) is 4.98 Å². The van der Waals surface area contributed by atoms with Gasteiger partial charge in [0.25, 0.3) is 0 Å². The number of nitrogens with zero attached hydrogens (tertiary/aromatic N) is 1. The van der Waals surface area contributed by atoms with Crippen LogP contribution in [-0.4, -0.2) is 20.5 Å². The highest BCUT2D eigenvalue weighted by atomic mass is 32.2. The van der Waals surface area contributed by atoms with E-state index in [9.17, 15) is 8.42 Å². The highest BCUT2D eigenvalue weighted by Crippen LogP contribution is 2.28. The first-order valence-corrected chi connectivity index (χ1v) is 8.35. The van der Waals surface area contributed by atoms with Crippen LogP contribution in [0.2, 0.25) is 0 Å². The maximum Gasteiger partial charge on any atom is 0.339 e. The Labute approximate surface area is 134 Å². The summed E-state index contributed by atoms with van der Waals surface area (Å²) >= 11 is 0. The van der Waals surface area contributed by atoms with Gasteiger partial charge < -0.3 is 8.92 Å². The summed E-state index contributed by atoms with van der Waals surface area (Å²) in [6.45, 7) is 1.78. The first-order chi connectivity index (χ1) is 11.0. The lowest BCUT2D eigenvalue weighted by Crippen LogP contribution is -2.10. The fourth-order valence-corrected chi connectivity index (χ4v) is 3.34. The van der Waals surface area contributed by atoms with E-state index in [1.807, 2.05) is 12.1 Å². The summed E-state index contributed by atoms with van der Waals surface area (Å²) < 4.78 is 35.5. The molecule has 0 saturated carbocycles. The van der Waals surface area contributed by atoms with Crippen molar-refractivity contribution in [2.75, 3.05) is 7.11 Å². The van der Waals surface area contributed by atoms with Crippen LogP contribution in [0.3, 0.4) is 0 Å². The highest BCUT2D eigenvalue weighted by molar-refractivity contribution is 7.87. The minimum atomic E-state index is -3.95. The lowest BCUT2D eigenvalue weighted by Gasteiger charge is -2.10. The van der Waals surface area contributed by atoms with Crippen molar-refractivity contribution in [3.05, 3.63) is 60.3 Å². The molecular formula is C17H15NO4S. The van der Waals surface area contributed by atoms with Gasteiger partial charge in [-0.25, -0.2) is 0 Å². The minimum absolute atomic E-state index is 0.0729. The molecule has 118 valence electrons. The van der Waals surface area contributed by atoms with Gasteiger partial charge in [-0.2, -0.15) is 8.42 Å². The first-order valence-electron chi connectivity index (χ1n) is 6.94. The summed E-state index contributed by atoms with van der Waals surface area (Å²) in [7, 11) is -2.41. The third-order valence-corrected chi connectivity index (χ3v) is 4.68. The van der Waals surface area contributed by atoms with Crippen LogP contribution in [0.25, 0.3) is 10.9 Å². The zero-order valence-electron chi connectivity index (χ0n) is 12.7. The van der Waals surface area contributed by atoms with Gasteiger partial charge in [-0.1, -0.05) is 18.2 Å². The maximum absolute atomic E-state index is 12.5. The van der Waals surface area contributed by atoms with Crippen molar-refractivity contribution in [1.82, 2.24) is 4.98 Å². The Bertz CT molecular complexity index is 962. The first kappa shape index (κ1) is 15.3. The molecule has 0 radical (unpaired) electrons. The Morgan fingerprint density at radius 1 is 1.00 bits per heavy atom. The molecule has 0 aliphatic heterocycles. The predicted octanol–water partition coefficient (Wildman–Crippen LogP) is 3.32. The average molecular weight is 329 g/mol. The van der Waals surface area contributed by atoms with Gasteiger partial charge >= 0.3 is 10.1 Å². The van der Waals surface area contributed by atoms with Crippen molar-refractivity contribution in [3.8, 4) is 11.5 Å². The lowest BCUT2D eigenvalue weighted by molar-refractivity contribution is 0.411. The van der Waals surface area contributed by atoms with E-state index in [0.29, 0.717) is 16.8 Å². The number of rotatable bonds is 4. The monoisotopic (exact) mass is 329 g/mol. The Balaban J connectivity index is 2.02. The Morgan fingerprint density at radius 2 is 1.78 bits per heavy atom. The molecule has 0 aliphatic rings. The summed E-state index contributed by atoms with van der Waals surface area (Å²) in [5.74, 6) is 0.826. The molecule has 0 aliphatic carbocycles. The third kappa shape index (κ3) is 2.98. The molecule has 6 heteroatoms. The molecule has 0 unspecified atom stereocenters. The van der Waals surface area contributed by atoms with E-state index in [-0.39, 0.29) is 10.6 Å². The standard InChI is InChI=1S/C17H15NO4S/c1-12-11-14(8-9-15(12)21-2)23(19,20)22-16-7-3-5-13-6-4-10-18-17(13)16/h3-11H,1-2H3.